The summed E-state index contributed by atoms with van der Waals surface area (Å²) in [6.07, 6.45) is -0.778. The van der Waals surface area contributed by atoms with Gasteiger partial charge in [0.15, 0.2) is 11.1 Å². The maximum absolute atomic E-state index is 14.3. The lowest BCUT2D eigenvalue weighted by Crippen LogP contribution is -2.71. The first-order valence-electron chi connectivity index (χ1n) is 14.6. The first-order valence-corrected chi connectivity index (χ1v) is 18.0. The van der Waals surface area contributed by atoms with Crippen LogP contribution in [0.3, 0.4) is 0 Å². The van der Waals surface area contributed by atoms with Crippen LogP contribution < -0.4 is 11.2 Å². The molecule has 0 radical (unpaired) electrons. The average molecular weight is 687 g/mol. The molecule has 2 aliphatic heterocycles. The summed E-state index contributed by atoms with van der Waals surface area (Å²) < 4.78 is 33.9. The van der Waals surface area contributed by atoms with Crippen LogP contribution in [-0.2, 0) is 35.4 Å². The van der Waals surface area contributed by atoms with Crippen molar-refractivity contribution in [3.63, 3.8) is 0 Å². The van der Waals surface area contributed by atoms with Gasteiger partial charge in [0, 0.05) is 16.2 Å². The van der Waals surface area contributed by atoms with E-state index in [1.165, 1.54) is 40.1 Å². The van der Waals surface area contributed by atoms with Crippen molar-refractivity contribution < 1.29 is 27.5 Å². The number of ether oxygens (including phenoxy) is 1. The Morgan fingerprint density at radius 3 is 2.19 bits per heavy atom. The molecule has 6 rings (SSSR count). The predicted octanol–water partition coefficient (Wildman–Crippen LogP) is 4.33. The topological polar surface area (TPSA) is 148 Å². The number of β-lactam (4-membered cyclic amide) rings is 1. The number of hydrazone groups is 1. The zero-order chi connectivity index (χ0) is 33.1. The highest BCUT2D eigenvalue weighted by molar-refractivity contribution is 8.07. The van der Waals surface area contributed by atoms with E-state index in [0.29, 0.717) is 11.1 Å². The third-order valence-corrected chi connectivity index (χ3v) is 11.7. The van der Waals surface area contributed by atoms with Gasteiger partial charge >= 0.3 is 5.97 Å². The van der Waals surface area contributed by atoms with Crippen LogP contribution in [0.15, 0.2) is 124 Å². The molecule has 3 aromatic carbocycles. The second kappa shape index (κ2) is 13.6. The summed E-state index contributed by atoms with van der Waals surface area (Å²) in [5.41, 5.74) is 1.85. The second-order valence-corrected chi connectivity index (χ2v) is 14.9. The molecule has 2 aliphatic rings. The van der Waals surface area contributed by atoms with Crippen LogP contribution in [0.1, 0.15) is 27.7 Å². The van der Waals surface area contributed by atoms with Gasteiger partial charge in [-0.25, -0.2) is 13.2 Å². The molecule has 10 nitrogen and oxygen atoms in total. The molecule has 1 saturated heterocycles. The lowest BCUT2D eigenvalue weighted by atomic mass is 10.0. The van der Waals surface area contributed by atoms with Crippen LogP contribution in [0.2, 0.25) is 0 Å². The molecule has 0 aliphatic carbocycles. The summed E-state index contributed by atoms with van der Waals surface area (Å²) in [6, 6.07) is 27.0. The largest absolute Gasteiger partial charge is 0.448 e. The van der Waals surface area contributed by atoms with E-state index in [2.05, 4.69) is 10.4 Å². The molecule has 47 heavy (non-hydrogen) atoms. The van der Waals surface area contributed by atoms with E-state index in [-0.39, 0.29) is 34.2 Å². The number of sulfone groups is 1. The number of benzene rings is 3. The van der Waals surface area contributed by atoms with E-state index in [9.17, 15) is 22.8 Å². The first-order chi connectivity index (χ1) is 22.7. The quantitative estimate of drug-likeness (QED) is 0.0661. The number of aryl methyl sites for hydroxylation is 1. The highest BCUT2D eigenvalue weighted by Crippen LogP contribution is 2.43. The smallest absolute Gasteiger partial charge is 0.356 e. The highest BCUT2D eigenvalue weighted by Gasteiger charge is 2.56. The van der Waals surface area contributed by atoms with Crippen molar-refractivity contribution >= 4 is 55.8 Å². The van der Waals surface area contributed by atoms with Crippen LogP contribution in [0, 0.1) is 6.92 Å². The number of nitrogens with two attached hydrogens (primary N) is 1. The van der Waals surface area contributed by atoms with Gasteiger partial charge in [-0.2, -0.15) is 5.10 Å². The number of thiophene rings is 1. The maximum atomic E-state index is 14.3. The standard InChI is InChI=1S/C34H30N4O6S3/c1-21-14-16-25(17-15-21)47(42,43)31(37-35)26-20-46-33-28(36-27(39)19-24-13-8-18-45-24)32(40)38(33)29(26)34(41)44-30(22-9-4-2-5-10-22)23-11-6-3-7-12-23/h2-18,28,30,33H,19-20,35H2,1H3,(H,36,39)/b37-31-/t28-,33-/m1/s1. The number of amides is 2. The van der Waals surface area contributed by atoms with Gasteiger partial charge in [-0.1, -0.05) is 84.4 Å². The molecule has 1 fully saturated rings. The van der Waals surface area contributed by atoms with E-state index in [1.54, 1.807) is 12.1 Å². The van der Waals surface area contributed by atoms with Crippen molar-refractivity contribution in [3.05, 3.63) is 135 Å². The molecular formula is C34H30N4O6S3. The van der Waals surface area contributed by atoms with E-state index >= 15 is 0 Å². The van der Waals surface area contributed by atoms with Crippen LogP contribution in [0.4, 0.5) is 0 Å². The molecule has 1 aromatic heterocycles. The molecule has 0 unspecified atom stereocenters. The van der Waals surface area contributed by atoms with Crippen LogP contribution in [-0.4, -0.2) is 53.3 Å². The number of carbonyl (C=O) groups is 3. The summed E-state index contributed by atoms with van der Waals surface area (Å²) >= 11 is 2.63. The lowest BCUT2D eigenvalue weighted by Gasteiger charge is -2.49. The number of nitrogens with zero attached hydrogens (tertiary/aromatic N) is 2. The fourth-order valence-corrected chi connectivity index (χ4v) is 8.94. The SMILES string of the molecule is Cc1ccc(S(=O)(=O)/C(=N\N)C2=C(C(=O)OC(c3ccccc3)c3ccccc3)N3C(=O)[C@@H](NC(=O)Cc4cccs4)[C@H]3SC2)cc1. The Bertz CT molecular complexity index is 1920. The molecule has 0 spiro atoms. The zero-order valence-corrected chi connectivity index (χ0v) is 27.6. The van der Waals surface area contributed by atoms with Crippen molar-refractivity contribution in [2.45, 2.75) is 35.8 Å². The summed E-state index contributed by atoms with van der Waals surface area (Å²) in [7, 11) is -4.32. The number of hydrogen-bond donors (Lipinski definition) is 2. The Labute approximate surface area is 280 Å². The number of fused-ring (bicyclic) bond motifs is 1. The lowest BCUT2D eigenvalue weighted by molar-refractivity contribution is -0.154. The average Bonchev–Trinajstić information content (AvgIpc) is 3.60. The minimum Gasteiger partial charge on any atom is -0.448 e. The van der Waals surface area contributed by atoms with Crippen LogP contribution >= 0.6 is 23.1 Å². The van der Waals surface area contributed by atoms with E-state index in [0.717, 1.165) is 10.4 Å². The summed E-state index contributed by atoms with van der Waals surface area (Å²) in [6.45, 7) is 1.82. The molecule has 240 valence electrons. The van der Waals surface area contributed by atoms with Crippen molar-refractivity contribution in [1.29, 1.82) is 0 Å². The van der Waals surface area contributed by atoms with Gasteiger partial charge in [0.25, 0.3) is 5.91 Å². The summed E-state index contributed by atoms with van der Waals surface area (Å²) in [5.74, 6) is 3.85. The van der Waals surface area contributed by atoms with Crippen molar-refractivity contribution in [1.82, 2.24) is 10.2 Å². The maximum Gasteiger partial charge on any atom is 0.356 e. The molecular weight excluding hydrogens is 657 g/mol. The fraction of sp³-hybridized carbons (Fsp3) is 0.176. The van der Waals surface area contributed by atoms with Gasteiger partial charge in [-0.3, -0.25) is 14.5 Å². The normalized spacial score (nSPS) is 18.0. The fourth-order valence-electron chi connectivity index (χ4n) is 5.45. The molecule has 0 bridgehead atoms. The molecule has 13 heteroatoms. The number of carbonyl (C=O) groups excluding carboxylic acids is 3. The van der Waals surface area contributed by atoms with Crippen molar-refractivity contribution in [3.8, 4) is 0 Å². The van der Waals surface area contributed by atoms with Crippen LogP contribution in [0.25, 0.3) is 0 Å². The molecule has 3 N–H and O–H groups in total. The van der Waals surface area contributed by atoms with E-state index < -0.39 is 44.3 Å². The van der Waals surface area contributed by atoms with Crippen molar-refractivity contribution in [2.24, 2.45) is 10.9 Å². The Balaban J connectivity index is 1.39. The third kappa shape index (κ3) is 6.46. The predicted molar refractivity (Wildman–Crippen MR) is 181 cm³/mol. The van der Waals surface area contributed by atoms with E-state index in [1.807, 2.05) is 85.1 Å². The van der Waals surface area contributed by atoms with Gasteiger partial charge in [-0.15, -0.1) is 23.1 Å². The van der Waals surface area contributed by atoms with Gasteiger partial charge < -0.3 is 15.9 Å². The number of rotatable bonds is 9. The minimum atomic E-state index is -4.32. The molecule has 0 saturated carbocycles. The number of esters is 1. The minimum absolute atomic E-state index is 0.0430. The number of nitrogens with one attached hydrogen (secondary N) is 1. The molecule has 3 heterocycles. The zero-order valence-electron chi connectivity index (χ0n) is 25.1. The number of hydrogen-bond acceptors (Lipinski definition) is 10. The summed E-state index contributed by atoms with van der Waals surface area (Å²) in [5, 5.41) is 7.08. The van der Waals surface area contributed by atoms with Gasteiger partial charge in [0.05, 0.1) is 11.3 Å². The van der Waals surface area contributed by atoms with Gasteiger partial charge in [0.2, 0.25) is 15.7 Å². The van der Waals surface area contributed by atoms with Crippen molar-refractivity contribution in [2.75, 3.05) is 5.75 Å². The molecule has 2 atom stereocenters. The monoisotopic (exact) mass is 686 g/mol. The van der Waals surface area contributed by atoms with Gasteiger partial charge in [-0.05, 0) is 41.6 Å². The first kappa shape index (κ1) is 32.2. The Morgan fingerprint density at radius 1 is 0.979 bits per heavy atom. The number of thioether (sulfide) groups is 1. The Kier molecular flexibility index (Phi) is 9.30. The highest BCUT2D eigenvalue weighted by atomic mass is 32.2. The van der Waals surface area contributed by atoms with E-state index in [4.69, 9.17) is 10.6 Å². The Morgan fingerprint density at radius 2 is 1.62 bits per heavy atom. The Hall–Kier alpha value is -4.72. The summed E-state index contributed by atoms with van der Waals surface area (Å²) in [4.78, 5) is 42.8. The van der Waals surface area contributed by atoms with Crippen LogP contribution in [0.5, 0.6) is 0 Å². The second-order valence-electron chi connectivity index (χ2n) is 10.9. The molecule has 4 aromatic rings. The van der Waals surface area contributed by atoms with Gasteiger partial charge in [0.1, 0.15) is 17.1 Å². The third-order valence-electron chi connectivity index (χ3n) is 7.78. The molecule has 2 amide bonds.